The van der Waals surface area contributed by atoms with Crippen molar-refractivity contribution in [3.8, 4) is 11.6 Å². The zero-order valence-electron chi connectivity index (χ0n) is 33.3. The molecule has 1 aromatic heterocycles. The third-order valence-electron chi connectivity index (χ3n) is 12.5. The Kier molecular flexibility index (Phi) is 12.0. The van der Waals surface area contributed by atoms with Crippen LogP contribution in [0.15, 0.2) is 42.6 Å². The second kappa shape index (κ2) is 16.1. The molecule has 2 aliphatic heterocycles. The lowest BCUT2D eigenvalue weighted by Crippen LogP contribution is -2.49. The number of aliphatic hydroxyl groups excluding tert-OH is 1. The lowest BCUT2D eigenvalue weighted by Gasteiger charge is -2.33. The van der Waals surface area contributed by atoms with Crippen molar-refractivity contribution in [2.45, 2.75) is 114 Å². The molecule has 1 saturated heterocycles. The molecule has 13 nitrogen and oxygen atoms in total. The number of esters is 1. The summed E-state index contributed by atoms with van der Waals surface area (Å²) in [6.45, 7) is 4.34. The van der Waals surface area contributed by atoms with Gasteiger partial charge in [0.05, 0.1) is 50.3 Å². The highest BCUT2D eigenvalue weighted by Crippen LogP contribution is 2.58. The Morgan fingerprint density at radius 3 is 2.41 bits per heavy atom. The number of nitrogens with one attached hydrogen (secondary N) is 1. The van der Waals surface area contributed by atoms with Crippen LogP contribution in [0, 0.1) is 29.1 Å². The van der Waals surface area contributed by atoms with E-state index in [0.717, 1.165) is 13.8 Å². The molecule has 3 heterocycles. The topological polar surface area (TPSA) is 178 Å². The summed E-state index contributed by atoms with van der Waals surface area (Å²) in [5.41, 5.74) is -4.28. The molecule has 1 aromatic carbocycles. The largest absolute Gasteiger partial charge is 0.494 e. The Balaban J connectivity index is 1.36. The molecule has 2 N–H and O–H groups in total. The van der Waals surface area contributed by atoms with Gasteiger partial charge in [-0.25, -0.2) is 13.4 Å². The molecular weight excluding hydrogens is 784 g/mol. The van der Waals surface area contributed by atoms with E-state index in [9.17, 15) is 45.9 Å². The number of hydrogen-bond acceptors (Lipinski definition) is 11. The maximum absolute atomic E-state index is 14.8. The number of Topliss-reactive ketones (excluding diaryl/α,β-unsaturated/α-hetero) is 1. The van der Waals surface area contributed by atoms with Crippen molar-refractivity contribution in [2.24, 2.45) is 29.1 Å². The fourth-order valence-electron chi connectivity index (χ4n) is 8.40. The van der Waals surface area contributed by atoms with Crippen molar-refractivity contribution in [1.82, 2.24) is 14.6 Å². The molecule has 2 aliphatic carbocycles. The molecule has 0 bridgehead atoms. The van der Waals surface area contributed by atoms with Crippen molar-refractivity contribution in [2.75, 3.05) is 20.3 Å². The number of nitrogens with zero attached hydrogens (tertiary/aromatic N) is 2. The van der Waals surface area contributed by atoms with Gasteiger partial charge in [0.1, 0.15) is 16.6 Å². The molecule has 3 fully saturated rings. The highest BCUT2D eigenvalue weighted by molar-refractivity contribution is 7.91. The second-order valence-electron chi connectivity index (χ2n) is 17.2. The number of allylic oxidation sites excluding steroid dienone is 2. The number of benzene rings is 1. The van der Waals surface area contributed by atoms with E-state index in [2.05, 4.69) is 9.71 Å². The number of aromatic nitrogens is 1. The Hall–Kier alpha value is -4.25. The predicted octanol–water partition coefficient (Wildman–Crippen LogP) is 5.43. The lowest BCUT2D eigenvalue weighted by molar-refractivity contribution is -0.257. The number of carbonyl (C=O) groups is 4. The molecule has 58 heavy (non-hydrogen) atoms. The van der Waals surface area contributed by atoms with Crippen LogP contribution in [0.25, 0.3) is 10.8 Å². The highest BCUT2D eigenvalue weighted by Gasteiger charge is 2.63. The standard InChI is InChI=1S/C41H52F3N3O10S/c1-24-10-6-7-11-26-19-40(26,37(52)46-58(53,54)39(23-48)14-15-39)20-32(49)31-17-27(56-35-29-13-9-8-12-28(29)33(55-5)21-45-35)22-47(31)36(51)30(25(2)16-24)18-34(50)57-38(3,4)41(42,43)44/h7-9,11-13,21,24-27,30-31,48H,6,10,14-20,22-23H2,1-5H3,(H,46,52)/b11-7-/t24-,25+,26+,27+,30-,31-,40+/m0/s1. The van der Waals surface area contributed by atoms with Crippen molar-refractivity contribution < 1.29 is 60.1 Å². The number of carbonyl (C=O) groups excluding carboxylic acids is 4. The summed E-state index contributed by atoms with van der Waals surface area (Å²) in [5, 5.41) is 11.1. The Morgan fingerprint density at radius 1 is 1.09 bits per heavy atom. The summed E-state index contributed by atoms with van der Waals surface area (Å²) in [6, 6.07) is 5.98. The number of ketones is 1. The van der Waals surface area contributed by atoms with Gasteiger partial charge < -0.3 is 24.2 Å². The van der Waals surface area contributed by atoms with E-state index >= 15 is 0 Å². The van der Waals surface area contributed by atoms with E-state index in [1.54, 1.807) is 19.1 Å². The van der Waals surface area contributed by atoms with Crippen LogP contribution in [0.4, 0.5) is 13.2 Å². The molecule has 2 saturated carbocycles. The molecule has 2 aromatic rings. The molecule has 0 unspecified atom stereocenters. The zero-order valence-corrected chi connectivity index (χ0v) is 34.2. The van der Waals surface area contributed by atoms with E-state index in [0.29, 0.717) is 35.8 Å². The van der Waals surface area contributed by atoms with Crippen LogP contribution in [0.1, 0.15) is 85.5 Å². The second-order valence-corrected chi connectivity index (χ2v) is 19.2. The number of ether oxygens (including phenoxy) is 3. The summed E-state index contributed by atoms with van der Waals surface area (Å²) < 4.78 is 85.3. The SMILES string of the molecule is COc1cnc(O[C@@H]2C[C@H]3C(=O)C[C@]4(C(=O)NS(=O)(=O)C5(CO)CC5)C[C@H]4/C=C\CC[C@H](C)C[C@@H](C)[C@H](CC(=O)OC(C)(C)C(F)(F)F)C(=O)N3C2)c2ccccc12. The van der Waals surface area contributed by atoms with Crippen LogP contribution >= 0.6 is 0 Å². The molecule has 7 atom stereocenters. The van der Waals surface area contributed by atoms with Crippen LogP contribution in [-0.4, -0.2) is 95.9 Å². The smallest absolute Gasteiger partial charge is 0.427 e. The minimum atomic E-state index is -4.88. The van der Waals surface area contributed by atoms with Crippen molar-refractivity contribution in [3.05, 3.63) is 42.6 Å². The summed E-state index contributed by atoms with van der Waals surface area (Å²) >= 11 is 0. The molecule has 0 radical (unpaired) electrons. The van der Waals surface area contributed by atoms with Gasteiger partial charge in [-0.1, -0.05) is 44.2 Å². The molecule has 0 spiro atoms. The predicted molar refractivity (Wildman–Crippen MR) is 205 cm³/mol. The summed E-state index contributed by atoms with van der Waals surface area (Å²) in [7, 11) is -2.79. The minimum absolute atomic E-state index is 0.00477. The zero-order chi connectivity index (χ0) is 42.4. The first kappa shape index (κ1) is 43.3. The minimum Gasteiger partial charge on any atom is -0.494 e. The van der Waals surface area contributed by atoms with E-state index in [4.69, 9.17) is 14.2 Å². The van der Waals surface area contributed by atoms with Crippen molar-refractivity contribution >= 4 is 44.4 Å². The van der Waals surface area contributed by atoms with E-state index < -0.39 is 105 Å². The van der Waals surface area contributed by atoms with Gasteiger partial charge in [0.15, 0.2) is 5.78 Å². The van der Waals surface area contributed by atoms with Crippen LogP contribution < -0.4 is 14.2 Å². The summed E-state index contributed by atoms with van der Waals surface area (Å²) in [5.74, 6) is -4.80. The third kappa shape index (κ3) is 8.56. The van der Waals surface area contributed by atoms with Crippen LogP contribution in [0.3, 0.4) is 0 Å². The quantitative estimate of drug-likeness (QED) is 0.230. The molecular formula is C41H52F3N3O10S. The number of pyridine rings is 1. The van der Waals surface area contributed by atoms with Gasteiger partial charge in [-0.3, -0.25) is 23.9 Å². The monoisotopic (exact) mass is 835 g/mol. The number of amides is 2. The van der Waals surface area contributed by atoms with Gasteiger partial charge in [0.2, 0.25) is 33.3 Å². The van der Waals surface area contributed by atoms with Gasteiger partial charge in [-0.05, 0) is 76.2 Å². The molecule has 318 valence electrons. The molecule has 2 amide bonds. The van der Waals surface area contributed by atoms with Crippen LogP contribution in [0.5, 0.6) is 11.6 Å². The third-order valence-corrected chi connectivity index (χ3v) is 14.6. The number of alkyl halides is 3. The van der Waals surface area contributed by atoms with Crippen LogP contribution in [0.2, 0.25) is 0 Å². The number of rotatable bonds is 10. The summed E-state index contributed by atoms with van der Waals surface area (Å²) in [6.07, 6.45) is 0.456. The Bertz CT molecular complexity index is 2070. The maximum Gasteiger partial charge on any atom is 0.427 e. The number of sulfonamides is 1. The normalized spacial score (nSPS) is 29.6. The van der Waals surface area contributed by atoms with Gasteiger partial charge in [0, 0.05) is 23.6 Å². The number of aliphatic hydroxyl groups is 1. The van der Waals surface area contributed by atoms with E-state index in [1.807, 2.05) is 31.2 Å². The fraction of sp³-hybridized carbons (Fsp3) is 0.634. The lowest BCUT2D eigenvalue weighted by atomic mass is 9.82. The number of methoxy groups -OCH3 is 1. The Labute approximate surface area is 336 Å². The molecule has 4 aliphatic rings. The summed E-state index contributed by atoms with van der Waals surface area (Å²) in [4.78, 5) is 62.4. The van der Waals surface area contributed by atoms with Gasteiger partial charge >= 0.3 is 12.1 Å². The van der Waals surface area contributed by atoms with Crippen molar-refractivity contribution in [3.63, 3.8) is 0 Å². The highest BCUT2D eigenvalue weighted by atomic mass is 32.2. The number of hydrogen-bond donors (Lipinski definition) is 2. The average Bonchev–Trinajstić information content (AvgIpc) is 4.06. The fourth-order valence-corrected chi connectivity index (χ4v) is 9.87. The first-order chi connectivity index (χ1) is 27.2. The molecule has 17 heteroatoms. The maximum atomic E-state index is 14.8. The first-order valence-corrected chi connectivity index (χ1v) is 21.2. The van der Waals surface area contributed by atoms with Gasteiger partial charge in [0.25, 0.3) is 0 Å². The van der Waals surface area contributed by atoms with Gasteiger partial charge in [-0.15, -0.1) is 0 Å². The first-order valence-electron chi connectivity index (χ1n) is 19.7. The van der Waals surface area contributed by atoms with E-state index in [1.165, 1.54) is 18.2 Å². The molecule has 6 rings (SSSR count). The van der Waals surface area contributed by atoms with E-state index in [-0.39, 0.29) is 44.0 Å². The van der Waals surface area contributed by atoms with Crippen LogP contribution in [-0.2, 0) is 33.9 Å². The number of fused-ring (bicyclic) bond motifs is 3. The van der Waals surface area contributed by atoms with Crippen molar-refractivity contribution in [1.29, 1.82) is 0 Å². The van der Waals surface area contributed by atoms with Gasteiger partial charge in [-0.2, -0.15) is 13.2 Å². The number of halogens is 3. The Morgan fingerprint density at radius 2 is 1.78 bits per heavy atom. The average molecular weight is 836 g/mol.